The summed E-state index contributed by atoms with van der Waals surface area (Å²) in [6, 6.07) is 0.587. The molecule has 0 aliphatic carbocycles. The van der Waals surface area contributed by atoms with E-state index < -0.39 is 0 Å². The second-order valence-electron chi connectivity index (χ2n) is 4.68. The van der Waals surface area contributed by atoms with Gasteiger partial charge in [0.05, 0.1) is 0 Å². The fraction of sp³-hybridized carbons (Fsp3) is 0.833. The summed E-state index contributed by atoms with van der Waals surface area (Å²) in [5, 5.41) is 7.59. The Labute approximate surface area is 98.5 Å². The number of rotatable bonds is 7. The molecule has 0 saturated carbocycles. The Balaban J connectivity index is 2.50. The van der Waals surface area contributed by atoms with Crippen molar-refractivity contribution in [2.24, 2.45) is 5.92 Å². The lowest BCUT2D eigenvalue weighted by atomic mass is 10.1. The quantitative estimate of drug-likeness (QED) is 0.769. The van der Waals surface area contributed by atoms with E-state index in [-0.39, 0.29) is 0 Å². The predicted octanol–water partition coefficient (Wildman–Crippen LogP) is 1.86. The second-order valence-corrected chi connectivity index (χ2v) is 4.68. The molecule has 1 rings (SSSR count). The Morgan fingerprint density at radius 3 is 2.75 bits per heavy atom. The highest BCUT2D eigenvalue weighted by Gasteiger charge is 2.09. The van der Waals surface area contributed by atoms with Crippen LogP contribution < -0.4 is 5.32 Å². The largest absolute Gasteiger partial charge is 0.317 e. The Bertz CT molecular complexity index is 289. The maximum Gasteiger partial charge on any atom is 0.138 e. The first kappa shape index (κ1) is 13.2. The van der Waals surface area contributed by atoms with Crippen LogP contribution in [-0.2, 0) is 13.0 Å². The number of aromatic nitrogens is 3. The van der Waals surface area contributed by atoms with Crippen LogP contribution in [0.2, 0.25) is 0 Å². The predicted molar refractivity (Wildman–Crippen MR) is 66.3 cm³/mol. The third-order valence-electron chi connectivity index (χ3n) is 2.85. The van der Waals surface area contributed by atoms with Gasteiger partial charge in [0.1, 0.15) is 12.2 Å². The Morgan fingerprint density at radius 2 is 2.19 bits per heavy atom. The molecule has 1 heterocycles. The van der Waals surface area contributed by atoms with Crippen LogP contribution in [0.1, 0.15) is 39.4 Å². The fourth-order valence-corrected chi connectivity index (χ4v) is 1.84. The minimum Gasteiger partial charge on any atom is -0.317 e. The molecule has 0 radical (unpaired) electrons. The summed E-state index contributed by atoms with van der Waals surface area (Å²) in [5.41, 5.74) is 0. The zero-order valence-corrected chi connectivity index (χ0v) is 10.9. The van der Waals surface area contributed by atoms with E-state index in [0.29, 0.717) is 12.0 Å². The highest BCUT2D eigenvalue weighted by molar-refractivity contribution is 4.86. The van der Waals surface area contributed by atoms with Crippen LogP contribution in [0.5, 0.6) is 0 Å². The van der Waals surface area contributed by atoms with E-state index >= 15 is 0 Å². The summed E-state index contributed by atoms with van der Waals surface area (Å²) >= 11 is 0. The van der Waals surface area contributed by atoms with Gasteiger partial charge in [0, 0.05) is 19.0 Å². The van der Waals surface area contributed by atoms with Gasteiger partial charge in [0.25, 0.3) is 0 Å². The van der Waals surface area contributed by atoms with Crippen molar-refractivity contribution in [3.63, 3.8) is 0 Å². The van der Waals surface area contributed by atoms with Gasteiger partial charge in [0.15, 0.2) is 0 Å². The minimum atomic E-state index is 0.587. The van der Waals surface area contributed by atoms with Crippen LogP contribution in [0, 0.1) is 5.92 Å². The van der Waals surface area contributed by atoms with Crippen molar-refractivity contribution >= 4 is 0 Å². The Kier molecular flexibility index (Phi) is 5.46. The zero-order chi connectivity index (χ0) is 12.0. The monoisotopic (exact) mass is 224 g/mol. The molecule has 1 N–H and O–H groups in total. The molecule has 4 nitrogen and oxygen atoms in total. The van der Waals surface area contributed by atoms with Crippen molar-refractivity contribution in [3.05, 3.63) is 12.2 Å². The molecule has 0 fully saturated rings. The summed E-state index contributed by atoms with van der Waals surface area (Å²) in [6.45, 7) is 7.58. The van der Waals surface area contributed by atoms with E-state index in [1.54, 1.807) is 6.33 Å². The minimum absolute atomic E-state index is 0.587. The van der Waals surface area contributed by atoms with Gasteiger partial charge < -0.3 is 5.32 Å². The zero-order valence-electron chi connectivity index (χ0n) is 10.9. The lowest BCUT2D eigenvalue weighted by molar-refractivity contribution is 0.448. The van der Waals surface area contributed by atoms with Gasteiger partial charge in [-0.05, 0) is 25.8 Å². The van der Waals surface area contributed by atoms with Gasteiger partial charge >= 0.3 is 0 Å². The SMILES string of the molecule is CCC(CCc1ncnn1CC(C)C)NC. The maximum atomic E-state index is 4.33. The molecule has 0 saturated heterocycles. The van der Waals surface area contributed by atoms with Crippen molar-refractivity contribution in [3.8, 4) is 0 Å². The smallest absolute Gasteiger partial charge is 0.138 e. The molecule has 0 aromatic carbocycles. The summed E-state index contributed by atoms with van der Waals surface area (Å²) in [4.78, 5) is 4.33. The Morgan fingerprint density at radius 1 is 1.44 bits per heavy atom. The van der Waals surface area contributed by atoms with Gasteiger partial charge in [-0.3, -0.25) is 0 Å². The first-order chi connectivity index (χ1) is 7.67. The summed E-state index contributed by atoms with van der Waals surface area (Å²) in [7, 11) is 2.02. The summed E-state index contributed by atoms with van der Waals surface area (Å²) in [6.07, 6.45) is 4.96. The second kappa shape index (κ2) is 6.63. The van der Waals surface area contributed by atoms with Crippen LogP contribution in [0.25, 0.3) is 0 Å². The normalized spacial score (nSPS) is 13.3. The number of nitrogens with one attached hydrogen (secondary N) is 1. The topological polar surface area (TPSA) is 42.7 Å². The standard InChI is InChI=1S/C12H24N4/c1-5-11(13-4)6-7-12-14-9-15-16(12)8-10(2)3/h9-11,13H,5-8H2,1-4H3. The first-order valence-corrected chi connectivity index (χ1v) is 6.21. The number of hydrogen-bond donors (Lipinski definition) is 1. The number of hydrogen-bond acceptors (Lipinski definition) is 3. The van der Waals surface area contributed by atoms with Crippen molar-refractivity contribution in [2.75, 3.05) is 7.05 Å². The number of aryl methyl sites for hydroxylation is 1. The molecule has 1 atom stereocenters. The molecule has 0 amide bonds. The van der Waals surface area contributed by atoms with Crippen LogP contribution in [0.4, 0.5) is 0 Å². The maximum absolute atomic E-state index is 4.33. The molecule has 1 unspecified atom stereocenters. The van der Waals surface area contributed by atoms with Gasteiger partial charge in [-0.1, -0.05) is 20.8 Å². The van der Waals surface area contributed by atoms with E-state index in [1.807, 2.05) is 11.7 Å². The third-order valence-corrected chi connectivity index (χ3v) is 2.85. The van der Waals surface area contributed by atoms with E-state index in [1.165, 1.54) is 0 Å². The van der Waals surface area contributed by atoms with Crippen LogP contribution in [-0.4, -0.2) is 27.9 Å². The van der Waals surface area contributed by atoms with E-state index in [4.69, 9.17) is 0 Å². The highest BCUT2D eigenvalue weighted by Crippen LogP contribution is 2.06. The van der Waals surface area contributed by atoms with Crippen molar-refractivity contribution in [1.29, 1.82) is 0 Å². The highest BCUT2D eigenvalue weighted by atomic mass is 15.3. The van der Waals surface area contributed by atoms with Crippen molar-refractivity contribution in [1.82, 2.24) is 20.1 Å². The van der Waals surface area contributed by atoms with E-state index in [2.05, 4.69) is 36.2 Å². The van der Waals surface area contributed by atoms with Gasteiger partial charge in [-0.15, -0.1) is 0 Å². The van der Waals surface area contributed by atoms with Crippen molar-refractivity contribution < 1.29 is 0 Å². The van der Waals surface area contributed by atoms with Gasteiger partial charge in [0.2, 0.25) is 0 Å². The summed E-state index contributed by atoms with van der Waals surface area (Å²) in [5.74, 6) is 1.73. The molecule has 0 bridgehead atoms. The fourth-order valence-electron chi connectivity index (χ4n) is 1.84. The molecule has 92 valence electrons. The molecule has 4 heteroatoms. The molecular formula is C12H24N4. The van der Waals surface area contributed by atoms with Crippen LogP contribution in [0.3, 0.4) is 0 Å². The van der Waals surface area contributed by atoms with Crippen LogP contribution >= 0.6 is 0 Å². The first-order valence-electron chi connectivity index (χ1n) is 6.21. The molecule has 0 spiro atoms. The van der Waals surface area contributed by atoms with Crippen LogP contribution in [0.15, 0.2) is 6.33 Å². The lowest BCUT2D eigenvalue weighted by Gasteiger charge is -2.14. The molecule has 16 heavy (non-hydrogen) atoms. The summed E-state index contributed by atoms with van der Waals surface area (Å²) < 4.78 is 2.03. The molecule has 1 aromatic rings. The van der Waals surface area contributed by atoms with E-state index in [0.717, 1.165) is 31.6 Å². The lowest BCUT2D eigenvalue weighted by Crippen LogP contribution is -2.25. The van der Waals surface area contributed by atoms with Gasteiger partial charge in [-0.2, -0.15) is 5.10 Å². The molecule has 0 aliphatic rings. The third kappa shape index (κ3) is 3.93. The number of nitrogens with zero attached hydrogens (tertiary/aromatic N) is 3. The average Bonchev–Trinajstić information content (AvgIpc) is 2.66. The van der Waals surface area contributed by atoms with Crippen molar-refractivity contribution in [2.45, 2.75) is 52.6 Å². The van der Waals surface area contributed by atoms with Gasteiger partial charge in [-0.25, -0.2) is 9.67 Å². The average molecular weight is 224 g/mol. The molecule has 1 aromatic heterocycles. The van der Waals surface area contributed by atoms with E-state index in [9.17, 15) is 0 Å². The molecule has 0 aliphatic heterocycles. The Hall–Kier alpha value is -0.900. The molecular weight excluding hydrogens is 200 g/mol.